The molecule has 5 heteroatoms. The van der Waals surface area contributed by atoms with Gasteiger partial charge in [0.05, 0.1) is 16.1 Å². The third-order valence-electron chi connectivity index (χ3n) is 4.80. The predicted molar refractivity (Wildman–Crippen MR) is 123 cm³/mol. The van der Waals surface area contributed by atoms with Crippen LogP contribution in [-0.2, 0) is 0 Å². The molecule has 5 aromatic rings. The molecule has 3 nitrogen and oxygen atoms in total. The van der Waals surface area contributed by atoms with Gasteiger partial charge in [0.15, 0.2) is 0 Å². The molecular weight excluding hydrogens is 398 g/mol. The summed E-state index contributed by atoms with van der Waals surface area (Å²) in [7, 11) is 0. The maximum Gasteiger partial charge on any atom is 0.143 e. The number of rotatable bonds is 4. The zero-order valence-electron chi connectivity index (χ0n) is 15.3. The van der Waals surface area contributed by atoms with Gasteiger partial charge >= 0.3 is 0 Å². The molecule has 0 aliphatic heterocycles. The molecule has 2 aromatic heterocycles. The van der Waals surface area contributed by atoms with Crippen LogP contribution in [0.3, 0.4) is 0 Å². The first kappa shape index (κ1) is 17.9. The van der Waals surface area contributed by atoms with Gasteiger partial charge in [-0.2, -0.15) is 0 Å². The third-order valence-corrected chi connectivity index (χ3v) is 6.02. The van der Waals surface area contributed by atoms with Crippen LogP contribution >= 0.6 is 22.9 Å². The maximum absolute atomic E-state index is 6.33. The van der Waals surface area contributed by atoms with Gasteiger partial charge in [-0.25, -0.2) is 9.97 Å². The molecular formula is C24H16ClN3S. The predicted octanol–water partition coefficient (Wildman–Crippen LogP) is 7.42. The minimum atomic E-state index is 0.656. The lowest BCUT2D eigenvalue weighted by Crippen LogP contribution is -1.96. The van der Waals surface area contributed by atoms with Gasteiger partial charge in [0, 0.05) is 10.9 Å². The van der Waals surface area contributed by atoms with Crippen LogP contribution in [-0.4, -0.2) is 9.97 Å². The first-order valence-electron chi connectivity index (χ1n) is 9.19. The number of thiophene rings is 1. The van der Waals surface area contributed by atoms with Crippen molar-refractivity contribution in [2.75, 3.05) is 5.32 Å². The van der Waals surface area contributed by atoms with Crippen molar-refractivity contribution < 1.29 is 0 Å². The van der Waals surface area contributed by atoms with Crippen molar-refractivity contribution in [2.45, 2.75) is 0 Å². The summed E-state index contributed by atoms with van der Waals surface area (Å²) < 4.78 is 0. The van der Waals surface area contributed by atoms with Gasteiger partial charge < -0.3 is 5.32 Å². The molecule has 1 N–H and O–H groups in total. The topological polar surface area (TPSA) is 37.8 Å². The number of fused-ring (bicyclic) bond motifs is 1. The summed E-state index contributed by atoms with van der Waals surface area (Å²) in [5, 5.41) is 7.17. The van der Waals surface area contributed by atoms with Crippen LogP contribution in [0.4, 0.5) is 11.5 Å². The quantitative estimate of drug-likeness (QED) is 0.333. The molecule has 0 saturated carbocycles. The van der Waals surface area contributed by atoms with E-state index < -0.39 is 0 Å². The first-order chi connectivity index (χ1) is 14.3. The van der Waals surface area contributed by atoms with Crippen LogP contribution in [0.15, 0.2) is 90.6 Å². The van der Waals surface area contributed by atoms with Crippen LogP contribution in [0.2, 0.25) is 5.02 Å². The van der Waals surface area contributed by atoms with Crippen molar-refractivity contribution in [2.24, 2.45) is 0 Å². The van der Waals surface area contributed by atoms with Gasteiger partial charge in [0.2, 0.25) is 0 Å². The standard InChI is InChI=1S/C24H16ClN3S/c25-20-8-4-5-9-21(20)28-23-22-19(14-29-24(22)27-15-26-23)18-12-10-17(11-13-18)16-6-2-1-3-7-16/h1-15H,(H,26,27,28). The smallest absolute Gasteiger partial charge is 0.143 e. The number of hydrogen-bond acceptors (Lipinski definition) is 4. The molecule has 0 saturated heterocycles. The Labute approximate surface area is 177 Å². The fourth-order valence-electron chi connectivity index (χ4n) is 3.35. The van der Waals surface area contributed by atoms with E-state index in [2.05, 4.69) is 69.2 Å². The summed E-state index contributed by atoms with van der Waals surface area (Å²) in [6, 6.07) is 26.6. The number of aromatic nitrogens is 2. The number of anilines is 2. The summed E-state index contributed by atoms with van der Waals surface area (Å²) in [5.41, 5.74) is 5.47. The monoisotopic (exact) mass is 413 g/mol. The summed E-state index contributed by atoms with van der Waals surface area (Å²) in [5.74, 6) is 0.756. The highest BCUT2D eigenvalue weighted by molar-refractivity contribution is 7.17. The number of nitrogens with zero attached hydrogens (tertiary/aromatic N) is 2. The van der Waals surface area contributed by atoms with E-state index >= 15 is 0 Å². The molecule has 3 aromatic carbocycles. The van der Waals surface area contributed by atoms with Crippen molar-refractivity contribution >= 4 is 44.7 Å². The Bertz CT molecular complexity index is 1280. The van der Waals surface area contributed by atoms with E-state index in [4.69, 9.17) is 11.6 Å². The SMILES string of the molecule is Clc1ccccc1Nc1ncnc2scc(-c3ccc(-c4ccccc4)cc3)c12. The third kappa shape index (κ3) is 3.48. The van der Waals surface area contributed by atoms with Crippen LogP contribution < -0.4 is 5.32 Å². The number of halogens is 1. The van der Waals surface area contributed by atoms with E-state index in [9.17, 15) is 0 Å². The Morgan fingerprint density at radius 1 is 0.724 bits per heavy atom. The lowest BCUT2D eigenvalue weighted by atomic mass is 10.0. The minimum absolute atomic E-state index is 0.656. The minimum Gasteiger partial charge on any atom is -0.338 e. The lowest BCUT2D eigenvalue weighted by Gasteiger charge is -2.10. The Hall–Kier alpha value is -3.21. The zero-order chi connectivity index (χ0) is 19.6. The second-order valence-corrected chi connectivity index (χ2v) is 7.87. The maximum atomic E-state index is 6.33. The fourth-order valence-corrected chi connectivity index (χ4v) is 4.44. The number of hydrogen-bond donors (Lipinski definition) is 1. The summed E-state index contributed by atoms with van der Waals surface area (Å²) in [6.45, 7) is 0. The van der Waals surface area contributed by atoms with E-state index in [0.717, 1.165) is 32.8 Å². The van der Waals surface area contributed by atoms with Gasteiger partial charge in [-0.15, -0.1) is 11.3 Å². The second-order valence-electron chi connectivity index (χ2n) is 6.60. The van der Waals surface area contributed by atoms with Gasteiger partial charge in [-0.1, -0.05) is 78.3 Å². The number of para-hydroxylation sites is 1. The largest absolute Gasteiger partial charge is 0.338 e. The lowest BCUT2D eigenvalue weighted by molar-refractivity contribution is 1.23. The number of nitrogens with one attached hydrogen (secondary N) is 1. The molecule has 0 aliphatic rings. The van der Waals surface area contributed by atoms with Crippen LogP contribution in [0.1, 0.15) is 0 Å². The molecule has 0 unspecified atom stereocenters. The highest BCUT2D eigenvalue weighted by atomic mass is 35.5. The van der Waals surface area contributed by atoms with Crippen LogP contribution in [0, 0.1) is 0 Å². The molecule has 5 rings (SSSR count). The summed E-state index contributed by atoms with van der Waals surface area (Å²) >= 11 is 7.94. The van der Waals surface area contributed by atoms with Gasteiger partial charge in [0.1, 0.15) is 17.0 Å². The molecule has 0 aliphatic carbocycles. The Balaban J connectivity index is 1.57. The molecule has 0 atom stereocenters. The molecule has 29 heavy (non-hydrogen) atoms. The van der Waals surface area contributed by atoms with Crippen molar-refractivity contribution in [3.05, 3.63) is 95.6 Å². The van der Waals surface area contributed by atoms with Crippen molar-refractivity contribution in [1.29, 1.82) is 0 Å². The van der Waals surface area contributed by atoms with E-state index in [0.29, 0.717) is 5.02 Å². The van der Waals surface area contributed by atoms with Crippen LogP contribution in [0.5, 0.6) is 0 Å². The highest BCUT2D eigenvalue weighted by Crippen LogP contribution is 2.38. The molecule has 0 spiro atoms. The Morgan fingerprint density at radius 3 is 2.21 bits per heavy atom. The molecule has 0 amide bonds. The molecule has 0 fully saturated rings. The zero-order valence-corrected chi connectivity index (χ0v) is 16.9. The van der Waals surface area contributed by atoms with Gasteiger partial charge in [-0.05, 0) is 28.8 Å². The molecule has 0 radical (unpaired) electrons. The highest BCUT2D eigenvalue weighted by Gasteiger charge is 2.14. The van der Waals surface area contributed by atoms with E-state index in [1.165, 1.54) is 11.1 Å². The van der Waals surface area contributed by atoms with E-state index in [1.807, 2.05) is 30.3 Å². The van der Waals surface area contributed by atoms with Gasteiger partial charge in [-0.3, -0.25) is 0 Å². The molecule has 0 bridgehead atoms. The molecule has 140 valence electrons. The van der Waals surface area contributed by atoms with Crippen molar-refractivity contribution in [3.63, 3.8) is 0 Å². The molecule has 2 heterocycles. The Kier molecular flexibility index (Phi) is 4.72. The van der Waals surface area contributed by atoms with E-state index in [-0.39, 0.29) is 0 Å². The second kappa shape index (κ2) is 7.66. The summed E-state index contributed by atoms with van der Waals surface area (Å²) in [6.07, 6.45) is 1.58. The summed E-state index contributed by atoms with van der Waals surface area (Å²) in [4.78, 5) is 9.89. The normalized spacial score (nSPS) is 10.9. The first-order valence-corrected chi connectivity index (χ1v) is 10.4. The van der Waals surface area contributed by atoms with Gasteiger partial charge in [0.25, 0.3) is 0 Å². The average Bonchev–Trinajstić information content (AvgIpc) is 3.21. The van der Waals surface area contributed by atoms with Crippen molar-refractivity contribution in [1.82, 2.24) is 9.97 Å². The fraction of sp³-hybridized carbons (Fsp3) is 0. The van der Waals surface area contributed by atoms with Crippen LogP contribution in [0.25, 0.3) is 32.5 Å². The number of benzene rings is 3. The van der Waals surface area contributed by atoms with Crippen molar-refractivity contribution in [3.8, 4) is 22.3 Å². The van der Waals surface area contributed by atoms with E-state index in [1.54, 1.807) is 17.7 Å². The Morgan fingerprint density at radius 2 is 1.41 bits per heavy atom. The average molecular weight is 414 g/mol.